The van der Waals surface area contributed by atoms with Gasteiger partial charge >= 0.3 is 0 Å². The Hall–Kier alpha value is -1.09. The van der Waals surface area contributed by atoms with E-state index in [1.165, 1.54) is 12.3 Å². The summed E-state index contributed by atoms with van der Waals surface area (Å²) in [6.45, 7) is 0. The summed E-state index contributed by atoms with van der Waals surface area (Å²) in [5.74, 6) is -1.36. The van der Waals surface area contributed by atoms with Crippen LogP contribution in [0.5, 0.6) is 0 Å². The molecule has 0 radical (unpaired) electrons. The molecule has 1 rings (SSSR count). The maximum atomic E-state index is 10.2. The molecule has 52 valence electrons. The van der Waals surface area contributed by atoms with Crippen molar-refractivity contribution in [3.63, 3.8) is 0 Å². The summed E-state index contributed by atoms with van der Waals surface area (Å²) in [5, 5.41) is 10.3. The van der Waals surface area contributed by atoms with Crippen molar-refractivity contribution in [1.29, 1.82) is 0 Å². The highest BCUT2D eigenvalue weighted by molar-refractivity contribution is 6.33. The smallest absolute Gasteiger partial charge is 0.104 e. The summed E-state index contributed by atoms with van der Waals surface area (Å²) in [6, 6.07) is 2.99. The Bertz CT molecular complexity index is 262. The second-order valence-corrected chi connectivity index (χ2v) is 2.03. The highest BCUT2D eigenvalue weighted by Crippen LogP contribution is 2.10. The molecule has 0 aliphatic rings. The number of pyridine rings is 1. The van der Waals surface area contributed by atoms with Crippen molar-refractivity contribution in [2.24, 2.45) is 0 Å². The van der Waals surface area contributed by atoms with Crippen molar-refractivity contribution in [2.75, 3.05) is 0 Å². The number of carboxylic acids is 1. The van der Waals surface area contributed by atoms with Gasteiger partial charge in [0.2, 0.25) is 0 Å². The average Bonchev–Trinajstić information content (AvgIpc) is 1.88. The van der Waals surface area contributed by atoms with Gasteiger partial charge in [-0.3, -0.25) is 4.98 Å². The first-order valence-corrected chi connectivity index (χ1v) is 2.91. The van der Waals surface area contributed by atoms with E-state index in [0.29, 0.717) is 0 Å². The van der Waals surface area contributed by atoms with Crippen LogP contribution in [0.25, 0.3) is 0 Å². The molecule has 1 heterocycles. The first kappa shape index (κ1) is 7.02. The Morgan fingerprint density at radius 1 is 1.70 bits per heavy atom. The number of carboxylic acid groups (broad SMARTS) is 1. The van der Waals surface area contributed by atoms with Gasteiger partial charge in [-0.15, -0.1) is 0 Å². The van der Waals surface area contributed by atoms with Crippen molar-refractivity contribution in [3.05, 3.63) is 29.0 Å². The molecular formula is C6H3ClNO2-. The van der Waals surface area contributed by atoms with Crippen LogP contribution in [0.15, 0.2) is 18.3 Å². The average molecular weight is 157 g/mol. The van der Waals surface area contributed by atoms with Crippen LogP contribution in [0.2, 0.25) is 5.02 Å². The number of carbonyl (C=O) groups excluding carboxylic acids is 1. The molecule has 0 saturated heterocycles. The molecule has 1 aromatic heterocycles. The monoisotopic (exact) mass is 156 g/mol. The SMILES string of the molecule is O=C([O-])c1ncccc1Cl. The van der Waals surface area contributed by atoms with Gasteiger partial charge in [-0.25, -0.2) is 0 Å². The van der Waals surface area contributed by atoms with Crippen LogP contribution in [0.3, 0.4) is 0 Å². The molecule has 0 bridgehead atoms. The maximum Gasteiger partial charge on any atom is 0.104 e. The molecule has 0 aliphatic heterocycles. The van der Waals surface area contributed by atoms with Crippen molar-refractivity contribution in [1.82, 2.24) is 4.98 Å². The standard InChI is InChI=1S/C6H4ClNO2/c7-4-2-1-3-8-5(4)6(9)10/h1-3H,(H,9,10)/p-1. The molecule has 0 unspecified atom stereocenters. The van der Waals surface area contributed by atoms with Crippen molar-refractivity contribution in [2.45, 2.75) is 0 Å². The summed E-state index contributed by atoms with van der Waals surface area (Å²) >= 11 is 5.44. The number of carbonyl (C=O) groups is 1. The molecule has 0 aliphatic carbocycles. The summed E-state index contributed by atoms with van der Waals surface area (Å²) in [4.78, 5) is 13.6. The van der Waals surface area contributed by atoms with Crippen LogP contribution >= 0.6 is 11.6 Å². The lowest BCUT2D eigenvalue weighted by molar-refractivity contribution is -0.255. The summed E-state index contributed by atoms with van der Waals surface area (Å²) < 4.78 is 0. The van der Waals surface area contributed by atoms with Crippen LogP contribution in [0.4, 0.5) is 0 Å². The fourth-order valence-corrected chi connectivity index (χ4v) is 0.735. The number of halogens is 1. The molecule has 1 aromatic rings. The molecular weight excluding hydrogens is 154 g/mol. The lowest BCUT2D eigenvalue weighted by Crippen LogP contribution is -2.23. The van der Waals surface area contributed by atoms with Gasteiger partial charge in [-0.05, 0) is 12.1 Å². The molecule has 0 spiro atoms. The molecule has 0 N–H and O–H groups in total. The molecule has 0 fully saturated rings. The highest BCUT2D eigenvalue weighted by atomic mass is 35.5. The molecule has 10 heavy (non-hydrogen) atoms. The second kappa shape index (κ2) is 2.66. The lowest BCUT2D eigenvalue weighted by Gasteiger charge is -2.00. The number of aromatic nitrogens is 1. The Labute approximate surface area is 62.3 Å². The lowest BCUT2D eigenvalue weighted by atomic mass is 10.3. The number of hydrogen-bond donors (Lipinski definition) is 0. The van der Waals surface area contributed by atoms with Gasteiger partial charge in [-0.1, -0.05) is 11.6 Å². The van der Waals surface area contributed by atoms with Crippen molar-refractivity contribution >= 4 is 17.6 Å². The van der Waals surface area contributed by atoms with Crippen LogP contribution < -0.4 is 5.11 Å². The second-order valence-electron chi connectivity index (χ2n) is 1.62. The molecule has 0 aromatic carbocycles. The third kappa shape index (κ3) is 1.25. The molecule has 0 atom stereocenters. The van der Waals surface area contributed by atoms with Crippen LogP contribution in [-0.4, -0.2) is 11.0 Å². The number of hydrogen-bond acceptors (Lipinski definition) is 3. The van der Waals surface area contributed by atoms with E-state index < -0.39 is 5.97 Å². The first-order chi connectivity index (χ1) is 4.72. The van der Waals surface area contributed by atoms with E-state index in [9.17, 15) is 9.90 Å². The van der Waals surface area contributed by atoms with Crippen LogP contribution in [0.1, 0.15) is 10.5 Å². The van der Waals surface area contributed by atoms with Gasteiger partial charge in [0.15, 0.2) is 0 Å². The predicted molar refractivity (Wildman–Crippen MR) is 33.6 cm³/mol. The maximum absolute atomic E-state index is 10.2. The van der Waals surface area contributed by atoms with Crippen molar-refractivity contribution < 1.29 is 9.90 Å². The van der Waals surface area contributed by atoms with Gasteiger partial charge in [-0.2, -0.15) is 0 Å². The minimum atomic E-state index is -1.36. The van der Waals surface area contributed by atoms with Crippen LogP contribution in [-0.2, 0) is 0 Å². The summed E-state index contributed by atoms with van der Waals surface area (Å²) in [7, 11) is 0. The zero-order valence-corrected chi connectivity index (χ0v) is 5.63. The van der Waals surface area contributed by atoms with E-state index in [4.69, 9.17) is 11.6 Å². The topological polar surface area (TPSA) is 53.0 Å². The number of aromatic carboxylic acids is 1. The largest absolute Gasteiger partial charge is 0.543 e. The van der Waals surface area contributed by atoms with E-state index in [-0.39, 0.29) is 10.7 Å². The van der Waals surface area contributed by atoms with Gasteiger partial charge < -0.3 is 9.90 Å². The first-order valence-electron chi connectivity index (χ1n) is 2.53. The van der Waals surface area contributed by atoms with E-state index >= 15 is 0 Å². The summed E-state index contributed by atoms with van der Waals surface area (Å²) in [6.07, 6.45) is 1.34. The highest BCUT2D eigenvalue weighted by Gasteiger charge is 1.98. The van der Waals surface area contributed by atoms with E-state index in [1.54, 1.807) is 6.07 Å². The Morgan fingerprint density at radius 3 is 2.80 bits per heavy atom. The van der Waals surface area contributed by atoms with Gasteiger partial charge in [0.25, 0.3) is 0 Å². The Kier molecular flexibility index (Phi) is 1.87. The Morgan fingerprint density at radius 2 is 2.40 bits per heavy atom. The fourth-order valence-electron chi connectivity index (χ4n) is 0.536. The van der Waals surface area contributed by atoms with Gasteiger partial charge in [0.1, 0.15) is 5.69 Å². The predicted octanol–water partition coefficient (Wildman–Crippen LogP) is 0.0985. The molecule has 3 nitrogen and oxygen atoms in total. The van der Waals surface area contributed by atoms with Crippen molar-refractivity contribution in [3.8, 4) is 0 Å². The third-order valence-corrected chi connectivity index (χ3v) is 1.26. The van der Waals surface area contributed by atoms with E-state index in [1.807, 2.05) is 0 Å². The zero-order valence-electron chi connectivity index (χ0n) is 4.87. The molecule has 0 amide bonds. The number of nitrogens with zero attached hydrogens (tertiary/aromatic N) is 1. The molecule has 0 saturated carbocycles. The van der Waals surface area contributed by atoms with E-state index in [2.05, 4.69) is 4.98 Å². The minimum Gasteiger partial charge on any atom is -0.543 e. The third-order valence-electron chi connectivity index (χ3n) is 0.952. The molecule has 4 heteroatoms. The normalized spacial score (nSPS) is 9.30. The van der Waals surface area contributed by atoms with Crippen LogP contribution in [0, 0.1) is 0 Å². The number of rotatable bonds is 1. The summed E-state index contributed by atoms with van der Waals surface area (Å²) in [5.41, 5.74) is -0.218. The zero-order chi connectivity index (χ0) is 7.56. The van der Waals surface area contributed by atoms with E-state index in [0.717, 1.165) is 0 Å². The minimum absolute atomic E-state index is 0.0995. The Balaban J connectivity index is 3.15. The van der Waals surface area contributed by atoms with Gasteiger partial charge in [0.05, 0.1) is 11.0 Å². The quantitative estimate of drug-likeness (QED) is 0.580. The fraction of sp³-hybridized carbons (Fsp3) is 0. The van der Waals surface area contributed by atoms with Gasteiger partial charge in [0, 0.05) is 6.20 Å².